The summed E-state index contributed by atoms with van der Waals surface area (Å²) in [6.45, 7) is -1.52. The third-order valence-electron chi connectivity index (χ3n) is 3.77. The fourth-order valence-corrected chi connectivity index (χ4v) is 3.25. The first-order chi connectivity index (χ1) is 14.4. The van der Waals surface area contributed by atoms with Crippen LogP contribution in [-0.4, -0.2) is 23.4 Å². The Morgan fingerprint density at radius 1 is 1.10 bits per heavy atom. The lowest BCUT2D eigenvalue weighted by Crippen LogP contribution is -2.07. The predicted octanol–water partition coefficient (Wildman–Crippen LogP) is 5.02. The maximum Gasteiger partial charge on any atom is 0.387 e. The summed E-state index contributed by atoms with van der Waals surface area (Å²) >= 11 is 1.17. The van der Waals surface area contributed by atoms with E-state index in [0.29, 0.717) is 22.1 Å². The van der Waals surface area contributed by atoms with E-state index in [2.05, 4.69) is 20.4 Å². The van der Waals surface area contributed by atoms with E-state index in [1.54, 1.807) is 53.9 Å². The van der Waals surface area contributed by atoms with Crippen LogP contribution >= 0.6 is 11.3 Å². The Kier molecular flexibility index (Phi) is 6.87. The van der Waals surface area contributed by atoms with Gasteiger partial charge in [0.15, 0.2) is 5.13 Å². The molecule has 0 spiro atoms. The molecule has 0 unspecified atom stereocenters. The third kappa shape index (κ3) is 5.95. The molecule has 30 heavy (non-hydrogen) atoms. The van der Waals surface area contributed by atoms with Crippen LogP contribution in [0, 0.1) is 0 Å². The molecular weight excluding hydrogens is 412 g/mol. The summed E-state index contributed by atoms with van der Waals surface area (Å²) in [4.78, 5) is 27.4. The lowest BCUT2D eigenvalue weighted by atomic mass is 10.1. The minimum atomic E-state index is -2.94. The number of amides is 2. The molecule has 0 saturated carbocycles. The van der Waals surface area contributed by atoms with Gasteiger partial charge in [0.1, 0.15) is 5.75 Å². The molecule has 3 aromatic rings. The molecule has 0 radical (unpaired) electrons. The van der Waals surface area contributed by atoms with Crippen LogP contribution in [0.15, 0.2) is 60.0 Å². The molecule has 2 aromatic carbocycles. The van der Waals surface area contributed by atoms with Crippen molar-refractivity contribution in [2.24, 2.45) is 0 Å². The van der Waals surface area contributed by atoms with Gasteiger partial charge in [-0.1, -0.05) is 24.3 Å². The van der Waals surface area contributed by atoms with Crippen molar-refractivity contribution < 1.29 is 23.1 Å². The highest BCUT2D eigenvalue weighted by Crippen LogP contribution is 2.33. The molecule has 1 heterocycles. The van der Waals surface area contributed by atoms with E-state index < -0.39 is 6.61 Å². The maximum absolute atomic E-state index is 12.6. The Hall–Kier alpha value is -3.59. The molecule has 0 bridgehead atoms. The third-order valence-corrected chi connectivity index (χ3v) is 4.53. The number of nitrogens with one attached hydrogen (secondary N) is 2. The molecular formula is C21H17F2N3O3S. The lowest BCUT2D eigenvalue weighted by molar-refractivity contribution is -0.114. The number of hydrogen-bond donors (Lipinski definition) is 2. The quantitative estimate of drug-likeness (QED) is 0.517. The number of ether oxygens (including phenoxy) is 1. The predicted molar refractivity (Wildman–Crippen MR) is 113 cm³/mol. The number of alkyl halides is 2. The van der Waals surface area contributed by atoms with Crippen LogP contribution in [0.4, 0.5) is 19.6 Å². The zero-order valence-electron chi connectivity index (χ0n) is 15.8. The maximum atomic E-state index is 12.6. The van der Waals surface area contributed by atoms with Gasteiger partial charge >= 0.3 is 6.61 Å². The summed E-state index contributed by atoms with van der Waals surface area (Å²) in [5.41, 5.74) is 2.26. The summed E-state index contributed by atoms with van der Waals surface area (Å²) in [6, 6.07) is 13.3. The molecule has 0 aliphatic carbocycles. The molecule has 0 fully saturated rings. The van der Waals surface area contributed by atoms with Crippen molar-refractivity contribution in [3.05, 3.63) is 65.6 Å². The number of rotatable bonds is 7. The van der Waals surface area contributed by atoms with Gasteiger partial charge in [-0.15, -0.1) is 11.3 Å². The number of halogens is 2. The number of thiazole rings is 1. The van der Waals surface area contributed by atoms with Crippen molar-refractivity contribution in [2.75, 3.05) is 10.6 Å². The highest BCUT2D eigenvalue weighted by Gasteiger charge is 2.14. The summed E-state index contributed by atoms with van der Waals surface area (Å²) in [5, 5.41) is 7.27. The Morgan fingerprint density at radius 2 is 1.83 bits per heavy atom. The van der Waals surface area contributed by atoms with Crippen LogP contribution in [0.1, 0.15) is 12.5 Å². The number of aromatic nitrogens is 1. The molecule has 2 amide bonds. The SMILES string of the molecule is CC(=O)Nc1ccc(/C=C/C(=O)Nc2nc(-c3ccccc3OC(F)F)cs2)cc1. The van der Waals surface area contributed by atoms with Crippen molar-refractivity contribution in [1.29, 1.82) is 0 Å². The van der Waals surface area contributed by atoms with Gasteiger partial charge in [-0.05, 0) is 35.9 Å². The second-order valence-electron chi connectivity index (χ2n) is 6.04. The van der Waals surface area contributed by atoms with Crippen LogP contribution in [0.5, 0.6) is 5.75 Å². The molecule has 154 valence electrons. The van der Waals surface area contributed by atoms with E-state index in [-0.39, 0.29) is 17.6 Å². The van der Waals surface area contributed by atoms with Crippen molar-refractivity contribution in [2.45, 2.75) is 13.5 Å². The monoisotopic (exact) mass is 429 g/mol. The van der Waals surface area contributed by atoms with Crippen LogP contribution in [0.25, 0.3) is 17.3 Å². The summed E-state index contributed by atoms with van der Waals surface area (Å²) in [7, 11) is 0. The van der Waals surface area contributed by atoms with Gasteiger partial charge in [0.2, 0.25) is 11.8 Å². The second-order valence-corrected chi connectivity index (χ2v) is 6.90. The van der Waals surface area contributed by atoms with Crippen LogP contribution in [-0.2, 0) is 9.59 Å². The van der Waals surface area contributed by atoms with E-state index in [1.165, 1.54) is 30.4 Å². The van der Waals surface area contributed by atoms with E-state index in [0.717, 1.165) is 5.56 Å². The Bertz CT molecular complexity index is 1070. The Labute approximate surface area is 175 Å². The number of carbonyl (C=O) groups excluding carboxylic acids is 2. The first-order valence-corrected chi connectivity index (χ1v) is 9.65. The zero-order valence-corrected chi connectivity index (χ0v) is 16.6. The second kappa shape index (κ2) is 9.75. The smallest absolute Gasteiger partial charge is 0.387 e. The van der Waals surface area contributed by atoms with E-state index in [1.807, 2.05) is 0 Å². The number of hydrogen-bond acceptors (Lipinski definition) is 5. The first kappa shape index (κ1) is 21.1. The van der Waals surface area contributed by atoms with Crippen LogP contribution < -0.4 is 15.4 Å². The molecule has 0 atom stereocenters. The van der Waals surface area contributed by atoms with Crippen molar-refractivity contribution in [3.63, 3.8) is 0 Å². The Balaban J connectivity index is 1.64. The number of anilines is 2. The van der Waals surface area contributed by atoms with Gasteiger partial charge in [0, 0.05) is 29.6 Å². The van der Waals surface area contributed by atoms with Gasteiger partial charge in [0.05, 0.1) is 5.69 Å². The summed E-state index contributed by atoms with van der Waals surface area (Å²) < 4.78 is 29.7. The van der Waals surface area contributed by atoms with Gasteiger partial charge < -0.3 is 10.1 Å². The van der Waals surface area contributed by atoms with Gasteiger partial charge in [0.25, 0.3) is 0 Å². The average Bonchev–Trinajstić information content (AvgIpc) is 3.15. The highest BCUT2D eigenvalue weighted by molar-refractivity contribution is 7.14. The number of benzene rings is 2. The van der Waals surface area contributed by atoms with Crippen molar-refractivity contribution in [1.82, 2.24) is 4.98 Å². The molecule has 2 N–H and O–H groups in total. The Morgan fingerprint density at radius 3 is 2.53 bits per heavy atom. The van der Waals surface area contributed by atoms with Gasteiger partial charge in [-0.3, -0.25) is 14.9 Å². The van der Waals surface area contributed by atoms with Crippen molar-refractivity contribution in [3.8, 4) is 17.0 Å². The normalized spacial score (nSPS) is 10.9. The lowest BCUT2D eigenvalue weighted by Gasteiger charge is -2.08. The van der Waals surface area contributed by atoms with Crippen molar-refractivity contribution >= 4 is 40.0 Å². The zero-order chi connectivity index (χ0) is 21.5. The number of para-hydroxylation sites is 1. The number of nitrogens with zero attached hydrogens (tertiary/aromatic N) is 1. The molecule has 0 saturated heterocycles. The van der Waals surface area contributed by atoms with Crippen LogP contribution in [0.3, 0.4) is 0 Å². The van der Waals surface area contributed by atoms with Gasteiger partial charge in [-0.2, -0.15) is 8.78 Å². The van der Waals surface area contributed by atoms with Crippen LogP contribution in [0.2, 0.25) is 0 Å². The molecule has 3 rings (SSSR count). The molecule has 0 aliphatic rings. The molecule has 6 nitrogen and oxygen atoms in total. The fourth-order valence-electron chi connectivity index (χ4n) is 2.53. The summed E-state index contributed by atoms with van der Waals surface area (Å²) in [5.74, 6) is -0.541. The van der Waals surface area contributed by atoms with E-state index in [4.69, 9.17) is 0 Å². The summed E-state index contributed by atoms with van der Waals surface area (Å²) in [6.07, 6.45) is 2.97. The van der Waals surface area contributed by atoms with E-state index >= 15 is 0 Å². The minimum Gasteiger partial charge on any atom is -0.434 e. The largest absolute Gasteiger partial charge is 0.434 e. The van der Waals surface area contributed by atoms with Gasteiger partial charge in [-0.25, -0.2) is 4.98 Å². The molecule has 9 heteroatoms. The highest BCUT2D eigenvalue weighted by atomic mass is 32.1. The molecule has 0 aliphatic heterocycles. The average molecular weight is 429 g/mol. The standard InChI is InChI=1S/C21H17F2N3O3S/c1-13(27)24-15-9-6-14(7-10-15)8-11-19(28)26-21-25-17(12-30-21)16-4-2-3-5-18(16)29-20(22)23/h2-12,20H,1H3,(H,24,27)(H,25,26,28)/b11-8+. The fraction of sp³-hybridized carbons (Fsp3) is 0.0952. The first-order valence-electron chi connectivity index (χ1n) is 8.77. The van der Waals surface area contributed by atoms with E-state index in [9.17, 15) is 18.4 Å². The minimum absolute atomic E-state index is 0.0123. The topological polar surface area (TPSA) is 80.3 Å². The molecule has 1 aromatic heterocycles. The number of carbonyl (C=O) groups is 2.